The van der Waals surface area contributed by atoms with Gasteiger partial charge in [-0.2, -0.15) is 13.2 Å². The van der Waals surface area contributed by atoms with Crippen molar-refractivity contribution in [1.29, 1.82) is 0 Å². The van der Waals surface area contributed by atoms with Gasteiger partial charge in [0.2, 0.25) is 0 Å². The summed E-state index contributed by atoms with van der Waals surface area (Å²) >= 11 is 1.26. The van der Waals surface area contributed by atoms with Crippen LogP contribution in [0, 0.1) is 0 Å². The third-order valence-corrected chi connectivity index (χ3v) is 8.89. The Hall–Kier alpha value is -2.63. The van der Waals surface area contributed by atoms with E-state index in [1.165, 1.54) is 23.5 Å². The smallest absolute Gasteiger partial charge is 0.381 e. The number of benzene rings is 1. The molecule has 0 unspecified atom stereocenters. The van der Waals surface area contributed by atoms with Crippen LogP contribution < -0.4 is 5.32 Å². The number of likely N-dealkylation sites (tertiary alicyclic amines) is 2. The molecular formula is C27H33F3N4O3S. The Bertz CT molecular complexity index is 1130. The van der Waals surface area contributed by atoms with Crippen LogP contribution in [0.4, 0.5) is 18.0 Å². The minimum atomic E-state index is -4.38. The lowest BCUT2D eigenvalue weighted by molar-refractivity contribution is -0.137. The number of hydrogen-bond donors (Lipinski definition) is 1. The molecule has 1 aromatic carbocycles. The third kappa shape index (κ3) is 6.00. The lowest BCUT2D eigenvalue weighted by Gasteiger charge is -2.28. The molecule has 3 aliphatic rings. The summed E-state index contributed by atoms with van der Waals surface area (Å²) in [4.78, 5) is 33.1. The number of likely N-dealkylation sites (N-methyl/N-ethyl adjacent to an activating group) is 1. The molecule has 0 saturated carbocycles. The predicted molar refractivity (Wildman–Crippen MR) is 139 cm³/mol. The zero-order chi connectivity index (χ0) is 26.9. The maximum atomic E-state index is 13.2. The lowest BCUT2D eigenvalue weighted by atomic mass is 10.1. The lowest BCUT2D eigenvalue weighted by Crippen LogP contribution is -2.46. The van der Waals surface area contributed by atoms with E-state index >= 15 is 0 Å². The quantitative estimate of drug-likeness (QED) is 0.594. The first-order chi connectivity index (χ1) is 18.2. The van der Waals surface area contributed by atoms with Crippen LogP contribution in [0.2, 0.25) is 0 Å². The van der Waals surface area contributed by atoms with Crippen LogP contribution in [0.3, 0.4) is 0 Å². The van der Waals surface area contributed by atoms with Crippen LogP contribution in [-0.2, 0) is 10.9 Å². The molecule has 3 saturated heterocycles. The first kappa shape index (κ1) is 27.0. The van der Waals surface area contributed by atoms with Crippen LogP contribution in [-0.4, -0.2) is 91.2 Å². The molecule has 38 heavy (non-hydrogen) atoms. The zero-order valence-corrected chi connectivity index (χ0v) is 22.2. The van der Waals surface area contributed by atoms with E-state index in [9.17, 15) is 22.8 Å². The number of ether oxygens (including phenoxy) is 1. The van der Waals surface area contributed by atoms with Gasteiger partial charge in [-0.3, -0.25) is 4.79 Å². The molecule has 3 amide bonds. The number of carbonyl (C=O) groups excluding carboxylic acids is 2. The van der Waals surface area contributed by atoms with Gasteiger partial charge in [0.25, 0.3) is 5.91 Å². The highest BCUT2D eigenvalue weighted by molar-refractivity contribution is 7.17. The van der Waals surface area contributed by atoms with Crippen molar-refractivity contribution in [1.82, 2.24) is 20.0 Å². The third-order valence-electron chi connectivity index (χ3n) is 7.77. The molecular weight excluding hydrogens is 517 g/mol. The van der Waals surface area contributed by atoms with Gasteiger partial charge in [0.05, 0.1) is 16.5 Å². The minimum absolute atomic E-state index is 0.0327. The molecule has 11 heteroatoms. The van der Waals surface area contributed by atoms with Crippen molar-refractivity contribution >= 4 is 23.3 Å². The molecule has 0 aliphatic carbocycles. The topological polar surface area (TPSA) is 65.1 Å². The molecule has 0 bridgehead atoms. The number of nitrogens with zero attached hydrogens (tertiary/aromatic N) is 3. The Morgan fingerprint density at radius 2 is 1.63 bits per heavy atom. The Labute approximate surface area is 224 Å². The van der Waals surface area contributed by atoms with Crippen molar-refractivity contribution in [2.45, 2.75) is 50.0 Å². The van der Waals surface area contributed by atoms with Crippen molar-refractivity contribution in [3.8, 4) is 10.4 Å². The van der Waals surface area contributed by atoms with E-state index in [4.69, 9.17) is 4.74 Å². The van der Waals surface area contributed by atoms with Crippen molar-refractivity contribution in [3.05, 3.63) is 46.8 Å². The summed E-state index contributed by atoms with van der Waals surface area (Å²) in [6.07, 6.45) is -0.711. The normalized spacial score (nSPS) is 22.7. The van der Waals surface area contributed by atoms with Gasteiger partial charge in [-0.1, -0.05) is 12.1 Å². The number of carbonyl (C=O) groups is 2. The summed E-state index contributed by atoms with van der Waals surface area (Å²) in [6.45, 7) is 4.11. The van der Waals surface area contributed by atoms with E-state index in [-0.39, 0.29) is 18.0 Å². The molecule has 0 radical (unpaired) electrons. The Kier molecular flexibility index (Phi) is 7.97. The largest absolute Gasteiger partial charge is 0.416 e. The summed E-state index contributed by atoms with van der Waals surface area (Å²) in [7, 11) is 1.75. The van der Waals surface area contributed by atoms with Crippen LogP contribution in [0.1, 0.15) is 40.9 Å². The fraction of sp³-hybridized carbons (Fsp3) is 0.556. The number of rotatable bonds is 5. The second kappa shape index (κ2) is 11.2. The fourth-order valence-corrected chi connectivity index (χ4v) is 6.46. The summed E-state index contributed by atoms with van der Waals surface area (Å²) in [5.74, 6) is -0.144. The maximum Gasteiger partial charge on any atom is 0.416 e. The van der Waals surface area contributed by atoms with Gasteiger partial charge in [-0.25, -0.2) is 4.79 Å². The highest BCUT2D eigenvalue weighted by atomic mass is 32.1. The number of halogens is 3. The van der Waals surface area contributed by atoms with Gasteiger partial charge in [0.15, 0.2) is 0 Å². The second-order valence-electron chi connectivity index (χ2n) is 10.3. The number of amides is 3. The van der Waals surface area contributed by atoms with Crippen molar-refractivity contribution < 1.29 is 27.5 Å². The van der Waals surface area contributed by atoms with Gasteiger partial charge in [0, 0.05) is 63.4 Å². The molecule has 1 N–H and O–H groups in total. The number of alkyl halides is 3. The Morgan fingerprint density at radius 3 is 2.34 bits per heavy atom. The molecule has 1 aromatic heterocycles. The van der Waals surface area contributed by atoms with Gasteiger partial charge < -0.3 is 24.8 Å². The van der Waals surface area contributed by atoms with E-state index < -0.39 is 11.7 Å². The van der Waals surface area contributed by atoms with Gasteiger partial charge >= 0.3 is 12.2 Å². The van der Waals surface area contributed by atoms with Gasteiger partial charge in [-0.05, 0) is 55.5 Å². The minimum Gasteiger partial charge on any atom is -0.381 e. The molecule has 206 valence electrons. The van der Waals surface area contributed by atoms with Gasteiger partial charge in [-0.15, -0.1) is 11.3 Å². The van der Waals surface area contributed by atoms with Crippen LogP contribution in [0.5, 0.6) is 0 Å². The highest BCUT2D eigenvalue weighted by Crippen LogP contribution is 2.34. The fourth-order valence-electron chi connectivity index (χ4n) is 5.47. The highest BCUT2D eigenvalue weighted by Gasteiger charge is 2.36. The SMILES string of the molecule is CN(C(=O)c1ccc(-c2ccc(C(F)(F)F)cc2)s1)[C@H]1CCN(C(=O)N2CC[C@H](NC3CCOCC3)C2)C1. The zero-order valence-electron chi connectivity index (χ0n) is 21.4. The van der Waals surface area contributed by atoms with E-state index in [1.54, 1.807) is 24.1 Å². The molecule has 5 rings (SSSR count). The Morgan fingerprint density at radius 1 is 0.947 bits per heavy atom. The van der Waals surface area contributed by atoms with Crippen molar-refractivity contribution in [3.63, 3.8) is 0 Å². The van der Waals surface area contributed by atoms with Crippen molar-refractivity contribution in [2.75, 3.05) is 46.4 Å². The average Bonchev–Trinajstić information content (AvgIpc) is 3.69. The predicted octanol–water partition coefficient (Wildman–Crippen LogP) is 4.54. The molecule has 0 spiro atoms. The van der Waals surface area contributed by atoms with Crippen LogP contribution >= 0.6 is 11.3 Å². The van der Waals surface area contributed by atoms with E-state index in [0.29, 0.717) is 48.6 Å². The van der Waals surface area contributed by atoms with Gasteiger partial charge in [0.1, 0.15) is 0 Å². The standard InChI is InChI=1S/C27H33F3N4O3S/c1-32(25(35)24-7-6-23(38-24)18-2-4-19(5-3-18)27(28,29)30)22-9-13-34(17-22)26(36)33-12-8-21(16-33)31-20-10-14-37-15-11-20/h2-7,20-22,31H,8-17H2,1H3/t21-,22-/m0/s1. The maximum absolute atomic E-state index is 13.2. The van der Waals surface area contributed by atoms with Crippen LogP contribution in [0.15, 0.2) is 36.4 Å². The number of hydrogen-bond acceptors (Lipinski definition) is 5. The number of nitrogens with one attached hydrogen (secondary N) is 1. The summed E-state index contributed by atoms with van der Waals surface area (Å²) in [6, 6.07) is 9.14. The van der Waals surface area contributed by atoms with Crippen molar-refractivity contribution in [2.24, 2.45) is 0 Å². The Balaban J connectivity index is 1.13. The summed E-state index contributed by atoms with van der Waals surface area (Å²) in [5.41, 5.74) is -0.0632. The number of thiophene rings is 1. The first-order valence-corrected chi connectivity index (χ1v) is 13.9. The van der Waals surface area contributed by atoms with E-state index in [1.807, 2.05) is 9.80 Å². The van der Waals surface area contributed by atoms with E-state index in [2.05, 4.69) is 5.32 Å². The van der Waals surface area contributed by atoms with E-state index in [0.717, 1.165) is 56.0 Å². The molecule has 4 heterocycles. The molecule has 7 nitrogen and oxygen atoms in total. The molecule has 2 atom stereocenters. The molecule has 3 fully saturated rings. The summed E-state index contributed by atoms with van der Waals surface area (Å²) < 4.78 is 44.0. The summed E-state index contributed by atoms with van der Waals surface area (Å²) in [5, 5.41) is 3.68. The monoisotopic (exact) mass is 550 g/mol. The number of urea groups is 1. The molecule has 2 aromatic rings. The van der Waals surface area contributed by atoms with Crippen LogP contribution in [0.25, 0.3) is 10.4 Å². The second-order valence-corrected chi connectivity index (χ2v) is 11.4. The molecule has 3 aliphatic heterocycles. The average molecular weight is 551 g/mol. The first-order valence-electron chi connectivity index (χ1n) is 13.1.